The fourth-order valence-electron chi connectivity index (χ4n) is 1.17. The molecule has 16 heavy (non-hydrogen) atoms. The lowest BCUT2D eigenvalue weighted by Gasteiger charge is -1.94. The van der Waals surface area contributed by atoms with Gasteiger partial charge in [-0.3, -0.25) is 4.98 Å². The second kappa shape index (κ2) is 3.84. The summed E-state index contributed by atoms with van der Waals surface area (Å²) in [6, 6.07) is 3.43. The van der Waals surface area contributed by atoms with Crippen LogP contribution in [0.1, 0.15) is 5.69 Å². The Labute approximate surface area is 96.1 Å². The van der Waals surface area contributed by atoms with E-state index in [1.165, 1.54) is 0 Å². The third-order valence-corrected chi connectivity index (χ3v) is 2.93. The van der Waals surface area contributed by atoms with Crippen molar-refractivity contribution in [2.75, 3.05) is 0 Å². The predicted octanol–water partition coefficient (Wildman–Crippen LogP) is 1.10. The van der Waals surface area contributed by atoms with Gasteiger partial charge in [-0.25, -0.2) is 13.5 Å². The van der Waals surface area contributed by atoms with Gasteiger partial charge in [0, 0.05) is 28.1 Å². The summed E-state index contributed by atoms with van der Waals surface area (Å²) in [6.45, 7) is 1.81. The van der Waals surface area contributed by atoms with E-state index < -0.39 is 9.05 Å². The highest BCUT2D eigenvalue weighted by Crippen LogP contribution is 2.17. The summed E-state index contributed by atoms with van der Waals surface area (Å²) in [5, 5.41) is 5.67. The number of pyridine rings is 1. The molecule has 0 radical (unpaired) electrons. The summed E-state index contributed by atoms with van der Waals surface area (Å²) in [6.07, 6.45) is 1.59. The smallest absolute Gasteiger partial charge is 0.262 e. The minimum Gasteiger partial charge on any atom is -0.262 e. The minimum absolute atomic E-state index is 0.268. The molecule has 2 heterocycles. The molecule has 0 aliphatic heterocycles. The van der Waals surface area contributed by atoms with Crippen LogP contribution in [0.15, 0.2) is 23.5 Å². The summed E-state index contributed by atoms with van der Waals surface area (Å²) in [5.41, 5.74) is 1.47. The van der Waals surface area contributed by atoms with E-state index in [4.69, 9.17) is 10.7 Å². The van der Waals surface area contributed by atoms with E-state index in [0.29, 0.717) is 5.56 Å². The van der Waals surface area contributed by atoms with E-state index in [0.717, 1.165) is 5.69 Å². The first-order valence-electron chi connectivity index (χ1n) is 4.27. The van der Waals surface area contributed by atoms with Crippen molar-refractivity contribution in [2.24, 2.45) is 0 Å². The third-order valence-electron chi connectivity index (χ3n) is 1.85. The zero-order valence-electron chi connectivity index (χ0n) is 8.18. The number of hydrogen-bond donors (Lipinski definition) is 1. The standard InChI is InChI=1S/C8H7ClN4O2S/c1-5-4-6(2-3-10-5)7-11-8(13-12-7)16(9,14)15/h2-4H,1H3,(H,11,12,13). The number of hydrogen-bond acceptors (Lipinski definition) is 5. The largest absolute Gasteiger partial charge is 0.296 e. The molecule has 2 aromatic rings. The van der Waals surface area contributed by atoms with Crippen LogP contribution in [0, 0.1) is 6.92 Å². The van der Waals surface area contributed by atoms with Gasteiger partial charge in [0.25, 0.3) is 14.2 Å². The predicted molar refractivity (Wildman–Crippen MR) is 57.4 cm³/mol. The van der Waals surface area contributed by atoms with E-state index >= 15 is 0 Å². The fourth-order valence-corrected chi connectivity index (χ4v) is 1.73. The Balaban J connectivity index is 2.47. The summed E-state index contributed by atoms with van der Waals surface area (Å²) >= 11 is 0. The molecule has 6 nitrogen and oxygen atoms in total. The Bertz CT molecular complexity index is 622. The normalized spacial score (nSPS) is 11.6. The summed E-state index contributed by atoms with van der Waals surface area (Å²) in [5.74, 6) is 0.268. The van der Waals surface area contributed by atoms with Crippen LogP contribution in [0.3, 0.4) is 0 Å². The Morgan fingerprint density at radius 1 is 1.44 bits per heavy atom. The van der Waals surface area contributed by atoms with Crippen molar-refractivity contribution in [2.45, 2.75) is 12.1 Å². The monoisotopic (exact) mass is 258 g/mol. The molecule has 0 saturated heterocycles. The maximum Gasteiger partial charge on any atom is 0.296 e. The SMILES string of the molecule is Cc1cc(-c2n[nH]c(S(=O)(=O)Cl)n2)ccn1. The number of nitrogens with zero attached hydrogens (tertiary/aromatic N) is 3. The van der Waals surface area contributed by atoms with Gasteiger partial charge in [-0.15, -0.1) is 0 Å². The molecule has 0 bridgehead atoms. The lowest BCUT2D eigenvalue weighted by atomic mass is 10.2. The third kappa shape index (κ3) is 2.20. The zero-order valence-corrected chi connectivity index (χ0v) is 9.75. The average molecular weight is 259 g/mol. The summed E-state index contributed by atoms with van der Waals surface area (Å²) < 4.78 is 21.9. The van der Waals surface area contributed by atoms with E-state index in [2.05, 4.69) is 20.2 Å². The van der Waals surface area contributed by atoms with Crippen molar-refractivity contribution in [1.82, 2.24) is 20.2 Å². The lowest BCUT2D eigenvalue weighted by Crippen LogP contribution is -1.92. The fraction of sp³-hybridized carbons (Fsp3) is 0.125. The van der Waals surface area contributed by atoms with Crippen LogP contribution in [0.25, 0.3) is 11.4 Å². The molecule has 0 atom stereocenters. The molecule has 0 spiro atoms. The molecule has 0 aromatic carbocycles. The molecule has 84 valence electrons. The van der Waals surface area contributed by atoms with Crippen LogP contribution in [0.2, 0.25) is 0 Å². The van der Waals surface area contributed by atoms with Gasteiger partial charge in [-0.1, -0.05) is 0 Å². The van der Waals surface area contributed by atoms with E-state index in [9.17, 15) is 8.42 Å². The van der Waals surface area contributed by atoms with E-state index in [1.54, 1.807) is 18.3 Å². The van der Waals surface area contributed by atoms with Crippen LogP contribution in [-0.4, -0.2) is 28.6 Å². The highest BCUT2D eigenvalue weighted by Gasteiger charge is 2.16. The number of aromatic nitrogens is 4. The van der Waals surface area contributed by atoms with Crippen molar-refractivity contribution in [1.29, 1.82) is 0 Å². The maximum absolute atomic E-state index is 11.0. The number of aryl methyl sites for hydroxylation is 1. The van der Waals surface area contributed by atoms with Crippen molar-refractivity contribution in [3.63, 3.8) is 0 Å². The molecular weight excluding hydrogens is 252 g/mol. The van der Waals surface area contributed by atoms with Crippen molar-refractivity contribution in [3.8, 4) is 11.4 Å². The highest BCUT2D eigenvalue weighted by molar-refractivity contribution is 8.13. The van der Waals surface area contributed by atoms with Crippen molar-refractivity contribution < 1.29 is 8.42 Å². The van der Waals surface area contributed by atoms with Gasteiger partial charge >= 0.3 is 0 Å². The summed E-state index contributed by atoms with van der Waals surface area (Å²) in [4.78, 5) is 7.79. The van der Waals surface area contributed by atoms with Gasteiger partial charge in [-0.05, 0) is 19.1 Å². The van der Waals surface area contributed by atoms with Crippen LogP contribution >= 0.6 is 10.7 Å². The first-order chi connectivity index (χ1) is 7.47. The Morgan fingerprint density at radius 2 is 2.19 bits per heavy atom. The topological polar surface area (TPSA) is 88.6 Å². The Kier molecular flexibility index (Phi) is 2.64. The molecule has 0 aliphatic carbocycles. The van der Waals surface area contributed by atoms with Gasteiger partial charge in [0.2, 0.25) is 0 Å². The summed E-state index contributed by atoms with van der Waals surface area (Å²) in [7, 11) is 1.24. The van der Waals surface area contributed by atoms with Gasteiger partial charge in [0.15, 0.2) is 5.82 Å². The van der Waals surface area contributed by atoms with Crippen molar-refractivity contribution >= 4 is 19.7 Å². The molecule has 2 rings (SSSR count). The van der Waals surface area contributed by atoms with E-state index in [1.807, 2.05) is 6.92 Å². The molecule has 0 fully saturated rings. The first kappa shape index (κ1) is 11.0. The molecule has 2 aromatic heterocycles. The second-order valence-electron chi connectivity index (χ2n) is 3.09. The molecule has 1 N–H and O–H groups in total. The number of rotatable bonds is 2. The quantitative estimate of drug-likeness (QED) is 0.815. The zero-order chi connectivity index (χ0) is 11.8. The number of aromatic amines is 1. The van der Waals surface area contributed by atoms with Crippen LogP contribution in [-0.2, 0) is 9.05 Å². The first-order valence-corrected chi connectivity index (χ1v) is 6.58. The van der Waals surface area contributed by atoms with Gasteiger partial charge in [0.05, 0.1) is 0 Å². The van der Waals surface area contributed by atoms with Crippen molar-refractivity contribution in [3.05, 3.63) is 24.0 Å². The molecule has 0 unspecified atom stereocenters. The maximum atomic E-state index is 11.0. The van der Waals surface area contributed by atoms with Gasteiger partial charge < -0.3 is 0 Å². The van der Waals surface area contributed by atoms with Gasteiger partial charge in [-0.2, -0.15) is 10.1 Å². The van der Waals surface area contributed by atoms with E-state index in [-0.39, 0.29) is 11.0 Å². The Hall–Kier alpha value is -1.47. The molecule has 8 heteroatoms. The van der Waals surface area contributed by atoms with Gasteiger partial charge in [0.1, 0.15) is 0 Å². The molecule has 0 saturated carbocycles. The second-order valence-corrected chi connectivity index (χ2v) is 5.57. The molecule has 0 aliphatic rings. The van der Waals surface area contributed by atoms with Crippen LogP contribution in [0.5, 0.6) is 0 Å². The number of H-pyrrole nitrogens is 1. The average Bonchev–Trinajstić information content (AvgIpc) is 2.65. The van der Waals surface area contributed by atoms with Crippen LogP contribution < -0.4 is 0 Å². The Morgan fingerprint density at radius 3 is 2.75 bits per heavy atom. The highest BCUT2D eigenvalue weighted by atomic mass is 35.7. The minimum atomic E-state index is -3.87. The number of halogens is 1. The number of nitrogens with one attached hydrogen (secondary N) is 1. The molecular formula is C8H7ClN4O2S. The lowest BCUT2D eigenvalue weighted by molar-refractivity contribution is 0.602. The molecule has 0 amide bonds. The van der Waals surface area contributed by atoms with Crippen LogP contribution in [0.4, 0.5) is 0 Å².